The summed E-state index contributed by atoms with van der Waals surface area (Å²) in [7, 11) is 0. The van der Waals surface area contributed by atoms with Crippen LogP contribution in [0.4, 0.5) is 10.8 Å². The van der Waals surface area contributed by atoms with Crippen molar-refractivity contribution in [1.82, 2.24) is 4.98 Å². The van der Waals surface area contributed by atoms with Crippen molar-refractivity contribution in [2.75, 3.05) is 17.7 Å². The monoisotopic (exact) mass is 307 g/mol. The summed E-state index contributed by atoms with van der Waals surface area (Å²) in [4.78, 5) is 16.2. The van der Waals surface area contributed by atoms with Gasteiger partial charge in [-0.3, -0.25) is 4.79 Å². The minimum absolute atomic E-state index is 0.0303. The number of hydrogen-bond acceptors (Lipinski definition) is 5. The number of anilines is 2. The Morgan fingerprint density at radius 3 is 2.90 bits per heavy atom. The normalized spacial score (nSPS) is 10.8. The average molecular weight is 307 g/mol. The van der Waals surface area contributed by atoms with E-state index >= 15 is 0 Å². The molecule has 114 valence electrons. The van der Waals surface area contributed by atoms with Crippen LogP contribution in [0.5, 0.6) is 5.75 Å². The standard InChI is InChI=1S/C15H21N3O2S/c1-3-5-6-7-13(19)17-10-8-11(20-4-2)14-12(9-10)21-15(16)18-14/h8-9H,3-7H2,1-2H3,(H2,16,18)(H,17,19). The molecule has 0 aliphatic heterocycles. The molecule has 0 unspecified atom stereocenters. The zero-order chi connectivity index (χ0) is 15.2. The number of aromatic nitrogens is 1. The number of nitrogens with zero attached hydrogens (tertiary/aromatic N) is 1. The van der Waals surface area contributed by atoms with E-state index in [4.69, 9.17) is 10.5 Å². The second kappa shape index (κ2) is 7.26. The van der Waals surface area contributed by atoms with Crippen LogP contribution in [-0.2, 0) is 4.79 Å². The van der Waals surface area contributed by atoms with Gasteiger partial charge in [0, 0.05) is 18.2 Å². The van der Waals surface area contributed by atoms with Gasteiger partial charge in [0.15, 0.2) is 5.13 Å². The van der Waals surface area contributed by atoms with Gasteiger partial charge in [-0.05, 0) is 19.4 Å². The fourth-order valence-electron chi connectivity index (χ4n) is 2.11. The summed E-state index contributed by atoms with van der Waals surface area (Å²) in [6.45, 7) is 4.58. The fourth-order valence-corrected chi connectivity index (χ4v) is 2.90. The van der Waals surface area contributed by atoms with E-state index in [2.05, 4.69) is 17.2 Å². The van der Waals surface area contributed by atoms with Crippen LogP contribution < -0.4 is 15.8 Å². The zero-order valence-electron chi connectivity index (χ0n) is 12.4. The molecule has 1 heterocycles. The Morgan fingerprint density at radius 1 is 1.38 bits per heavy atom. The Morgan fingerprint density at radius 2 is 2.19 bits per heavy atom. The molecule has 0 spiro atoms. The number of thiazole rings is 1. The number of nitrogens with one attached hydrogen (secondary N) is 1. The molecule has 1 aromatic carbocycles. The third-order valence-corrected chi connectivity index (χ3v) is 3.90. The van der Waals surface area contributed by atoms with Crippen molar-refractivity contribution < 1.29 is 9.53 Å². The van der Waals surface area contributed by atoms with Gasteiger partial charge in [-0.25, -0.2) is 4.98 Å². The number of carbonyl (C=O) groups is 1. The number of benzene rings is 1. The number of ether oxygens (including phenoxy) is 1. The Bertz CT molecular complexity index is 625. The van der Waals surface area contributed by atoms with E-state index in [9.17, 15) is 4.79 Å². The van der Waals surface area contributed by atoms with E-state index in [0.717, 1.165) is 35.2 Å². The smallest absolute Gasteiger partial charge is 0.224 e. The number of amides is 1. The number of hydrogen-bond donors (Lipinski definition) is 2. The highest BCUT2D eigenvalue weighted by Gasteiger charge is 2.11. The van der Waals surface area contributed by atoms with Gasteiger partial charge in [0.1, 0.15) is 11.3 Å². The molecule has 0 aliphatic rings. The molecule has 0 fully saturated rings. The molecule has 0 bridgehead atoms. The first-order valence-corrected chi connectivity index (χ1v) is 8.08. The average Bonchev–Trinajstić information content (AvgIpc) is 2.80. The first-order valence-electron chi connectivity index (χ1n) is 7.26. The van der Waals surface area contributed by atoms with Crippen molar-refractivity contribution >= 4 is 38.3 Å². The predicted octanol–water partition coefficient (Wildman–Crippen LogP) is 3.80. The second-order valence-electron chi connectivity index (χ2n) is 4.81. The van der Waals surface area contributed by atoms with Crippen LogP contribution >= 0.6 is 11.3 Å². The molecule has 3 N–H and O–H groups in total. The SMILES string of the molecule is CCCCCC(=O)Nc1cc(OCC)c2nc(N)sc2c1. The maximum Gasteiger partial charge on any atom is 0.224 e. The number of unbranched alkanes of at least 4 members (excludes halogenated alkanes) is 2. The Labute approximate surface area is 128 Å². The number of nitrogen functional groups attached to an aromatic ring is 1. The van der Waals surface area contributed by atoms with Crippen LogP contribution in [-0.4, -0.2) is 17.5 Å². The van der Waals surface area contributed by atoms with Gasteiger partial charge in [0.25, 0.3) is 0 Å². The molecule has 5 nitrogen and oxygen atoms in total. The van der Waals surface area contributed by atoms with Crippen LogP contribution in [0.2, 0.25) is 0 Å². The predicted molar refractivity (Wildman–Crippen MR) is 88.0 cm³/mol. The minimum Gasteiger partial charge on any atom is -0.491 e. The van der Waals surface area contributed by atoms with Gasteiger partial charge in [-0.1, -0.05) is 31.1 Å². The van der Waals surface area contributed by atoms with Crippen molar-refractivity contribution in [3.05, 3.63) is 12.1 Å². The largest absolute Gasteiger partial charge is 0.491 e. The molecule has 0 atom stereocenters. The van der Waals surface area contributed by atoms with Crippen LogP contribution in [0.25, 0.3) is 10.2 Å². The first-order chi connectivity index (χ1) is 10.1. The molecular weight excluding hydrogens is 286 g/mol. The second-order valence-corrected chi connectivity index (χ2v) is 5.87. The lowest BCUT2D eigenvalue weighted by molar-refractivity contribution is -0.116. The molecule has 2 aromatic rings. The van der Waals surface area contributed by atoms with E-state index in [1.54, 1.807) is 0 Å². The summed E-state index contributed by atoms with van der Waals surface area (Å²) >= 11 is 1.39. The van der Waals surface area contributed by atoms with Crippen LogP contribution in [0.15, 0.2) is 12.1 Å². The molecule has 0 saturated heterocycles. The lowest BCUT2D eigenvalue weighted by Gasteiger charge is -2.09. The van der Waals surface area contributed by atoms with E-state index in [1.165, 1.54) is 11.3 Å². The quantitative estimate of drug-likeness (QED) is 0.763. The Hall–Kier alpha value is -1.82. The maximum atomic E-state index is 11.9. The highest BCUT2D eigenvalue weighted by atomic mass is 32.1. The lowest BCUT2D eigenvalue weighted by Crippen LogP contribution is -2.11. The van der Waals surface area contributed by atoms with Gasteiger partial charge < -0.3 is 15.8 Å². The van der Waals surface area contributed by atoms with Crippen molar-refractivity contribution in [2.45, 2.75) is 39.5 Å². The Balaban J connectivity index is 2.17. The topological polar surface area (TPSA) is 77.2 Å². The number of carbonyl (C=O) groups excluding carboxylic acids is 1. The van der Waals surface area contributed by atoms with Gasteiger partial charge in [-0.15, -0.1) is 0 Å². The van der Waals surface area contributed by atoms with Crippen LogP contribution in [0.1, 0.15) is 39.5 Å². The number of nitrogens with two attached hydrogens (primary N) is 1. The summed E-state index contributed by atoms with van der Waals surface area (Å²) in [6, 6.07) is 3.70. The van der Waals surface area contributed by atoms with Crippen molar-refractivity contribution in [2.24, 2.45) is 0 Å². The molecule has 0 radical (unpaired) electrons. The first kappa shape index (κ1) is 15.6. The third-order valence-electron chi connectivity index (χ3n) is 3.07. The van der Waals surface area contributed by atoms with Gasteiger partial charge in [0.2, 0.25) is 5.91 Å². The molecule has 6 heteroatoms. The third kappa shape index (κ3) is 4.07. The van der Waals surface area contributed by atoms with Gasteiger partial charge >= 0.3 is 0 Å². The van der Waals surface area contributed by atoms with Gasteiger partial charge in [-0.2, -0.15) is 0 Å². The molecular formula is C15H21N3O2S. The summed E-state index contributed by atoms with van der Waals surface area (Å²) in [5.74, 6) is 0.689. The van der Waals surface area contributed by atoms with Gasteiger partial charge in [0.05, 0.1) is 11.3 Å². The van der Waals surface area contributed by atoms with Crippen molar-refractivity contribution in [3.63, 3.8) is 0 Å². The van der Waals surface area contributed by atoms with Crippen molar-refractivity contribution in [1.29, 1.82) is 0 Å². The summed E-state index contributed by atoms with van der Waals surface area (Å²) in [5, 5.41) is 3.42. The van der Waals surface area contributed by atoms with E-state index in [1.807, 2.05) is 19.1 Å². The van der Waals surface area contributed by atoms with E-state index in [-0.39, 0.29) is 5.91 Å². The van der Waals surface area contributed by atoms with Crippen molar-refractivity contribution in [3.8, 4) is 5.75 Å². The fraction of sp³-hybridized carbons (Fsp3) is 0.467. The summed E-state index contributed by atoms with van der Waals surface area (Å²) < 4.78 is 6.51. The van der Waals surface area contributed by atoms with E-state index < -0.39 is 0 Å². The zero-order valence-corrected chi connectivity index (χ0v) is 13.3. The molecule has 1 aromatic heterocycles. The summed E-state index contributed by atoms with van der Waals surface area (Å²) in [5.41, 5.74) is 7.24. The molecule has 1 amide bonds. The lowest BCUT2D eigenvalue weighted by atomic mass is 10.2. The highest BCUT2D eigenvalue weighted by Crippen LogP contribution is 2.34. The Kier molecular flexibility index (Phi) is 5.38. The van der Waals surface area contributed by atoms with Crippen LogP contribution in [0.3, 0.4) is 0 Å². The summed E-state index contributed by atoms with van der Waals surface area (Å²) in [6.07, 6.45) is 3.63. The molecule has 21 heavy (non-hydrogen) atoms. The number of rotatable bonds is 7. The molecule has 0 aliphatic carbocycles. The van der Waals surface area contributed by atoms with Crippen LogP contribution in [0, 0.1) is 0 Å². The maximum absolute atomic E-state index is 11.9. The highest BCUT2D eigenvalue weighted by molar-refractivity contribution is 7.22. The molecule has 0 saturated carbocycles. The number of fused-ring (bicyclic) bond motifs is 1. The minimum atomic E-state index is 0.0303. The van der Waals surface area contributed by atoms with E-state index in [0.29, 0.717) is 23.9 Å². The molecule has 2 rings (SSSR count).